The molecular weight excluding hydrogens is 553 g/mol. The monoisotopic (exact) mass is 612 g/mol. The van der Waals surface area contributed by atoms with Gasteiger partial charge in [0.05, 0.1) is 41.1 Å². The van der Waals surface area contributed by atoms with E-state index in [9.17, 15) is 13.7 Å². The van der Waals surface area contributed by atoms with Crippen LogP contribution in [0.3, 0.4) is 0 Å². The van der Waals surface area contributed by atoms with Crippen molar-refractivity contribution in [1.29, 1.82) is 0 Å². The number of rotatable bonds is 4. The molecule has 0 aliphatic rings. The predicted molar refractivity (Wildman–Crippen MR) is 198 cm³/mol. The van der Waals surface area contributed by atoms with Crippen molar-refractivity contribution >= 4 is 43.1 Å². The molecule has 0 aromatic heterocycles. The quantitative estimate of drug-likeness (QED) is 0.173. The third kappa shape index (κ3) is 4.30. The summed E-state index contributed by atoms with van der Waals surface area (Å²) in [4.78, 5) is 0. The highest BCUT2D eigenvalue weighted by molar-refractivity contribution is 6.24. The summed E-state index contributed by atoms with van der Waals surface area (Å²) in [7, 11) is 0. The number of fused-ring (bicyclic) bond motifs is 4. The van der Waals surface area contributed by atoms with Gasteiger partial charge < -0.3 is 0 Å². The molecule has 0 saturated heterocycles. The summed E-state index contributed by atoms with van der Waals surface area (Å²) in [6.45, 7) is 0. The molecule has 0 amide bonds. The zero-order valence-corrected chi connectivity index (χ0v) is 23.0. The van der Waals surface area contributed by atoms with Gasteiger partial charge in [-0.3, -0.25) is 0 Å². The maximum Gasteiger partial charge on any atom is 0.0636 e. The third-order valence-electron chi connectivity index (χ3n) is 7.25. The van der Waals surface area contributed by atoms with Crippen LogP contribution in [0.25, 0.3) is 87.6 Å². The van der Waals surface area contributed by atoms with E-state index < -0.39 is 269 Å². The lowest BCUT2D eigenvalue weighted by Gasteiger charge is -2.20. The van der Waals surface area contributed by atoms with Crippen molar-refractivity contribution in [2.75, 3.05) is 0 Å². The van der Waals surface area contributed by atoms with Crippen LogP contribution in [0.4, 0.5) is 0 Å². The summed E-state index contributed by atoms with van der Waals surface area (Å²) in [5.74, 6) is 0. The molecule has 9 rings (SSSR count). The highest BCUT2D eigenvalue weighted by Gasteiger charge is 2.19. The molecule has 46 heavy (non-hydrogen) atoms. The summed E-state index contributed by atoms with van der Waals surface area (Å²) >= 11 is 0. The fourth-order valence-corrected chi connectivity index (χ4v) is 5.31. The van der Waals surface area contributed by atoms with E-state index >= 15 is 0 Å². The van der Waals surface area contributed by atoms with E-state index in [1.54, 1.807) is 0 Å². The minimum atomic E-state index is -1.17. The van der Waals surface area contributed by atoms with Gasteiger partial charge in [0, 0.05) is 0 Å². The second kappa shape index (κ2) is 10.9. The number of hydrogen-bond acceptors (Lipinski definition) is 0. The van der Waals surface area contributed by atoms with Gasteiger partial charge >= 0.3 is 0 Å². The molecule has 214 valence electrons. The van der Waals surface area contributed by atoms with Gasteiger partial charge in [0.1, 0.15) is 0 Å². The Morgan fingerprint density at radius 1 is 0.261 bits per heavy atom. The van der Waals surface area contributed by atoms with Crippen LogP contribution in [0.1, 0.15) is 41.1 Å². The molecule has 0 unspecified atom stereocenters. The minimum Gasteiger partial charge on any atom is -0.0622 e. The fourth-order valence-electron chi connectivity index (χ4n) is 5.31. The van der Waals surface area contributed by atoms with Crippen molar-refractivity contribution in [3.8, 4) is 44.5 Å². The molecule has 0 bridgehead atoms. The summed E-state index contributed by atoms with van der Waals surface area (Å²) in [6, 6.07) is -30.7. The molecular formula is C46H30. The van der Waals surface area contributed by atoms with Crippen molar-refractivity contribution in [3.05, 3.63) is 181 Å². The largest absolute Gasteiger partial charge is 0.0636 e. The van der Waals surface area contributed by atoms with E-state index in [1.165, 1.54) is 0 Å². The van der Waals surface area contributed by atoms with Crippen LogP contribution in [0.15, 0.2) is 181 Å². The summed E-state index contributed by atoms with van der Waals surface area (Å²) < 4.78 is 271. The third-order valence-corrected chi connectivity index (χ3v) is 7.25. The Balaban J connectivity index is 1.71. The average Bonchev–Trinajstić information content (AvgIpc) is 3.38. The van der Waals surface area contributed by atoms with Crippen LogP contribution in [0.5, 0.6) is 0 Å². The standard InChI is InChI=1S/C46H30/c1-2-13-31(14-3-1)34-27-28-43-44(30-34)45(36-20-10-19-35(29-36)39-25-11-17-32-15-4-6-21-37(32)39)41-23-8-9-24-42(41)46(43)40-26-12-18-33-16-5-7-22-38(33)40/h1-30H/i1D,2D,3D,4D,5D,6D,7D,8D,9D,10D,11D,12D,13D,14D,15D,16D,17D,18D,19D,20D,21D,22D,23D,24D,25D,26D,27D,28D,29D,30D. The molecule has 0 fully saturated rings. The molecule has 0 aliphatic heterocycles. The maximum atomic E-state index is 10.1. The Morgan fingerprint density at radius 2 is 0.761 bits per heavy atom. The molecule has 0 heterocycles. The first kappa shape index (κ1) is 10.0. The first-order valence-electron chi connectivity index (χ1n) is 28.5. The highest BCUT2D eigenvalue weighted by atomic mass is 14.2. The van der Waals surface area contributed by atoms with Crippen molar-refractivity contribution in [1.82, 2.24) is 0 Å². The van der Waals surface area contributed by atoms with Crippen LogP contribution in [0, 0.1) is 0 Å². The second-order valence-corrected chi connectivity index (χ2v) is 9.75. The van der Waals surface area contributed by atoms with E-state index in [0.29, 0.717) is 0 Å². The van der Waals surface area contributed by atoms with Crippen LogP contribution >= 0.6 is 0 Å². The molecule has 0 nitrogen and oxygen atoms in total. The summed E-state index contributed by atoms with van der Waals surface area (Å²) in [5, 5.41) is -6.32. The van der Waals surface area contributed by atoms with Crippen LogP contribution in [0.2, 0.25) is 0 Å². The Morgan fingerprint density at radius 3 is 1.50 bits per heavy atom. The molecule has 0 saturated carbocycles. The van der Waals surface area contributed by atoms with Gasteiger partial charge in [-0.25, -0.2) is 0 Å². The highest BCUT2D eigenvalue weighted by Crippen LogP contribution is 2.46. The predicted octanol–water partition coefficient (Wildman–Crippen LogP) is 13.0. The molecule has 0 atom stereocenters. The van der Waals surface area contributed by atoms with Crippen molar-refractivity contribution in [2.24, 2.45) is 0 Å². The Kier molecular flexibility index (Phi) is 2.37. The molecule has 0 spiro atoms. The van der Waals surface area contributed by atoms with Crippen LogP contribution < -0.4 is 0 Å². The van der Waals surface area contributed by atoms with E-state index in [1.807, 2.05) is 0 Å². The molecule has 9 aromatic carbocycles. The smallest absolute Gasteiger partial charge is 0.0622 e. The minimum absolute atomic E-state index is 0.666. The maximum absolute atomic E-state index is 10.1. The van der Waals surface area contributed by atoms with Gasteiger partial charge in [0.15, 0.2) is 0 Å². The van der Waals surface area contributed by atoms with Gasteiger partial charge in [-0.05, 0) is 99.7 Å². The first-order chi connectivity index (χ1) is 35.3. The van der Waals surface area contributed by atoms with Gasteiger partial charge in [0.25, 0.3) is 0 Å². The van der Waals surface area contributed by atoms with E-state index in [2.05, 4.69) is 0 Å². The lowest BCUT2D eigenvalue weighted by atomic mass is 9.83. The first-order valence-corrected chi connectivity index (χ1v) is 13.5. The van der Waals surface area contributed by atoms with Gasteiger partial charge in [-0.2, -0.15) is 0 Å². The molecule has 0 heteroatoms. The zero-order valence-electron chi connectivity index (χ0n) is 53.0. The van der Waals surface area contributed by atoms with Gasteiger partial charge in [0.2, 0.25) is 0 Å². The van der Waals surface area contributed by atoms with Crippen LogP contribution in [-0.2, 0) is 0 Å². The van der Waals surface area contributed by atoms with E-state index in [0.717, 1.165) is 0 Å². The van der Waals surface area contributed by atoms with E-state index in [4.69, 9.17) is 27.4 Å². The Hall–Kier alpha value is -5.98. The average molecular weight is 613 g/mol. The Bertz CT molecular complexity index is 4230. The molecule has 0 radical (unpaired) electrons. The zero-order chi connectivity index (χ0) is 56.6. The Labute approximate surface area is 311 Å². The number of benzene rings is 9. The van der Waals surface area contributed by atoms with Crippen LogP contribution in [-0.4, -0.2) is 0 Å². The summed E-state index contributed by atoms with van der Waals surface area (Å²) in [5.41, 5.74) is -7.15. The molecule has 9 aromatic rings. The summed E-state index contributed by atoms with van der Waals surface area (Å²) in [6.07, 6.45) is 0. The second-order valence-electron chi connectivity index (χ2n) is 9.75. The van der Waals surface area contributed by atoms with Crippen molar-refractivity contribution in [2.45, 2.75) is 0 Å². The topological polar surface area (TPSA) is 0 Å². The van der Waals surface area contributed by atoms with Gasteiger partial charge in [-0.1, -0.05) is 169 Å². The lowest BCUT2D eigenvalue weighted by molar-refractivity contribution is 1.62. The van der Waals surface area contributed by atoms with Gasteiger partial charge in [-0.15, -0.1) is 0 Å². The molecule has 0 N–H and O–H groups in total. The molecule has 0 aliphatic carbocycles. The SMILES string of the molecule is [2H]c1c([2H])c([2H])c(-c2c([2H])c([2H])c3c(-c4c([2H])c([2H])c([2H])c5c([2H])c([2H])c([2H])c([2H])c45)c4c([2H])c([2H])c([2H])c([2H])c4c(-c4c([2H])c([2H])c([2H])c(-c5c([2H])c([2H])c([2H])c6c([2H])c([2H])c([2H])c([2H])c56)c4[2H])c3c2[2H])c([2H])c1[2H]. The van der Waals surface area contributed by atoms with E-state index in [-0.39, 0.29) is 0 Å². The van der Waals surface area contributed by atoms with Crippen molar-refractivity contribution < 1.29 is 41.1 Å². The fraction of sp³-hybridized carbons (Fsp3) is 0. The number of hydrogen-bond donors (Lipinski definition) is 0. The lowest BCUT2D eigenvalue weighted by Crippen LogP contribution is -1.93. The normalized spacial score (nSPS) is 20.6. The van der Waals surface area contributed by atoms with Crippen molar-refractivity contribution in [3.63, 3.8) is 0 Å².